The van der Waals surface area contributed by atoms with E-state index < -0.39 is 41.9 Å². The zero-order valence-corrected chi connectivity index (χ0v) is 28.8. The molecule has 2 aromatic rings. The normalized spacial score (nSPS) is 20.9. The van der Waals surface area contributed by atoms with Crippen molar-refractivity contribution < 1.29 is 38.1 Å². The van der Waals surface area contributed by atoms with E-state index in [1.54, 1.807) is 59.3 Å². The summed E-state index contributed by atoms with van der Waals surface area (Å²) in [7, 11) is -1.78. The molecule has 1 aliphatic rings. The Labute approximate surface area is 266 Å². The minimum absolute atomic E-state index is 0.0306. The Morgan fingerprint density at radius 2 is 1.67 bits per heavy atom. The molecule has 0 spiro atoms. The summed E-state index contributed by atoms with van der Waals surface area (Å²) in [6, 6.07) is 7.90. The van der Waals surface area contributed by atoms with Crippen LogP contribution < -0.4 is 0 Å². The van der Waals surface area contributed by atoms with Crippen molar-refractivity contribution in [1.82, 2.24) is 19.6 Å². The van der Waals surface area contributed by atoms with Crippen molar-refractivity contribution in [2.45, 2.75) is 90.6 Å². The van der Waals surface area contributed by atoms with E-state index in [9.17, 15) is 24.1 Å². The van der Waals surface area contributed by atoms with Crippen LogP contribution in [-0.2, 0) is 36.9 Å². The standard InChI is InChI=1S/C32H49N4O8P/c1-9-42-45(41)19-18-35(22-24-14-10-11-15-26(24)25-20-33-34(8)21-25)23-32(45,27(37)38)16-12-13-17-36(28(39)43-30(2,3)4)29(40)44-31(5,6)7/h10-11,14-15,20-21H,9,12-13,16-19,22-23H2,1-8H3,(H,37,38). The van der Waals surface area contributed by atoms with Gasteiger partial charge in [-0.3, -0.25) is 18.9 Å². The van der Waals surface area contributed by atoms with Crippen LogP contribution in [0.15, 0.2) is 36.7 Å². The van der Waals surface area contributed by atoms with Crippen molar-refractivity contribution in [2.24, 2.45) is 7.05 Å². The fraction of sp³-hybridized carbons (Fsp3) is 0.625. The number of ether oxygens (including phenoxy) is 2. The Hall–Kier alpha value is -3.21. The summed E-state index contributed by atoms with van der Waals surface area (Å²) >= 11 is 0. The molecular formula is C32H49N4O8P. The second-order valence-corrected chi connectivity index (χ2v) is 16.4. The fourth-order valence-corrected chi connectivity index (χ4v) is 8.44. The highest BCUT2D eigenvalue weighted by Crippen LogP contribution is 2.63. The second-order valence-electron chi connectivity index (χ2n) is 13.5. The van der Waals surface area contributed by atoms with E-state index in [4.69, 9.17) is 14.0 Å². The van der Waals surface area contributed by atoms with Crippen LogP contribution in [0.1, 0.15) is 73.3 Å². The predicted molar refractivity (Wildman–Crippen MR) is 171 cm³/mol. The molecule has 2 unspecified atom stereocenters. The zero-order valence-electron chi connectivity index (χ0n) is 27.9. The molecular weight excluding hydrogens is 599 g/mol. The number of carbonyl (C=O) groups is 3. The SMILES string of the molecule is CCOP1(=O)CCN(Cc2ccccc2-c2cnn(C)c2)CC1(CCCCN(C(=O)OC(C)(C)C)C(=O)OC(C)(C)C)C(=O)O. The molecule has 12 nitrogen and oxygen atoms in total. The molecule has 0 bridgehead atoms. The van der Waals surface area contributed by atoms with Crippen LogP contribution in [0.5, 0.6) is 0 Å². The van der Waals surface area contributed by atoms with Gasteiger partial charge in [0, 0.05) is 51.1 Å². The second kappa shape index (κ2) is 14.5. The molecule has 0 aliphatic carbocycles. The third-order valence-corrected chi connectivity index (χ3v) is 10.8. The first kappa shape index (κ1) is 36.3. The van der Waals surface area contributed by atoms with Crippen molar-refractivity contribution >= 4 is 25.5 Å². The minimum Gasteiger partial charge on any atom is -0.480 e. The Balaban J connectivity index is 1.82. The first-order valence-electron chi connectivity index (χ1n) is 15.4. The summed E-state index contributed by atoms with van der Waals surface area (Å²) in [6.07, 6.45) is 2.69. The molecule has 2 heterocycles. The quantitative estimate of drug-likeness (QED) is 0.215. The maximum Gasteiger partial charge on any atom is 0.419 e. The molecule has 13 heteroatoms. The van der Waals surface area contributed by atoms with Gasteiger partial charge in [0.15, 0.2) is 5.16 Å². The number of carboxylic acid groups (broad SMARTS) is 1. The first-order chi connectivity index (χ1) is 20.9. The number of aliphatic carboxylic acids is 1. The number of aromatic nitrogens is 2. The van der Waals surface area contributed by atoms with Crippen LogP contribution in [0.4, 0.5) is 9.59 Å². The van der Waals surface area contributed by atoms with E-state index in [0.29, 0.717) is 13.1 Å². The van der Waals surface area contributed by atoms with E-state index in [1.165, 1.54) is 0 Å². The number of unbranched alkanes of at least 4 members (excludes halogenated alkanes) is 1. The van der Waals surface area contributed by atoms with Gasteiger partial charge in [0.2, 0.25) is 7.37 Å². The molecule has 0 radical (unpaired) electrons. The van der Waals surface area contributed by atoms with E-state index in [-0.39, 0.29) is 45.1 Å². The third-order valence-electron chi connectivity index (χ3n) is 7.46. The maximum absolute atomic E-state index is 14.3. The number of carbonyl (C=O) groups excluding carboxylic acids is 2. The highest BCUT2D eigenvalue weighted by molar-refractivity contribution is 7.62. The van der Waals surface area contributed by atoms with Crippen LogP contribution in [-0.4, -0.2) is 91.6 Å². The van der Waals surface area contributed by atoms with Gasteiger partial charge in [-0.05, 0) is 78.9 Å². The number of nitrogens with zero attached hydrogens (tertiary/aromatic N) is 4. The summed E-state index contributed by atoms with van der Waals surface area (Å²) < 4.78 is 32.7. The Kier molecular flexibility index (Phi) is 11.7. The molecule has 3 rings (SSSR count). The Morgan fingerprint density at radius 1 is 1.04 bits per heavy atom. The molecule has 1 aliphatic heterocycles. The van der Waals surface area contributed by atoms with Gasteiger partial charge >= 0.3 is 18.2 Å². The van der Waals surface area contributed by atoms with Crippen molar-refractivity contribution in [3.05, 3.63) is 42.2 Å². The van der Waals surface area contributed by atoms with Crippen LogP contribution in [0.3, 0.4) is 0 Å². The number of rotatable bonds is 11. The minimum atomic E-state index is -3.63. The summed E-state index contributed by atoms with van der Waals surface area (Å²) in [5, 5.41) is 13.3. The molecule has 250 valence electrons. The molecule has 0 saturated carbocycles. The van der Waals surface area contributed by atoms with E-state index in [2.05, 4.69) is 5.10 Å². The van der Waals surface area contributed by atoms with Gasteiger partial charge in [-0.15, -0.1) is 0 Å². The highest BCUT2D eigenvalue weighted by Gasteiger charge is 2.58. The monoisotopic (exact) mass is 648 g/mol. The van der Waals surface area contributed by atoms with Crippen LogP contribution in [0.25, 0.3) is 11.1 Å². The van der Waals surface area contributed by atoms with Crippen molar-refractivity contribution in [2.75, 3.05) is 32.4 Å². The molecule has 2 atom stereocenters. The van der Waals surface area contributed by atoms with Crippen LogP contribution in [0.2, 0.25) is 0 Å². The Morgan fingerprint density at radius 3 is 2.20 bits per heavy atom. The number of imide groups is 1. The Bertz CT molecular complexity index is 1370. The van der Waals surface area contributed by atoms with Crippen molar-refractivity contribution in [3.63, 3.8) is 0 Å². The van der Waals surface area contributed by atoms with Crippen molar-refractivity contribution in [3.8, 4) is 11.1 Å². The molecule has 45 heavy (non-hydrogen) atoms. The van der Waals surface area contributed by atoms with E-state index in [1.807, 2.05) is 42.4 Å². The summed E-state index contributed by atoms with van der Waals surface area (Å²) in [5.74, 6) is -1.18. The molecule has 1 saturated heterocycles. The molecule has 1 aromatic heterocycles. The van der Waals surface area contributed by atoms with Gasteiger partial charge in [-0.25, -0.2) is 14.5 Å². The maximum atomic E-state index is 14.3. The highest BCUT2D eigenvalue weighted by atomic mass is 31.2. The average molecular weight is 649 g/mol. The largest absolute Gasteiger partial charge is 0.480 e. The van der Waals surface area contributed by atoms with Crippen LogP contribution in [0, 0.1) is 0 Å². The van der Waals surface area contributed by atoms with Crippen molar-refractivity contribution in [1.29, 1.82) is 0 Å². The smallest absolute Gasteiger partial charge is 0.419 e. The number of amides is 2. The number of hydrogen-bond acceptors (Lipinski definition) is 9. The van der Waals surface area contributed by atoms with Gasteiger partial charge in [-0.1, -0.05) is 24.3 Å². The lowest BCUT2D eigenvalue weighted by atomic mass is 9.98. The summed E-state index contributed by atoms with van der Waals surface area (Å²) in [6.45, 7) is 12.9. The number of hydrogen-bond donors (Lipinski definition) is 1. The average Bonchev–Trinajstić information content (AvgIpc) is 3.34. The summed E-state index contributed by atoms with van der Waals surface area (Å²) in [5.41, 5.74) is 1.28. The van der Waals surface area contributed by atoms with Crippen LogP contribution >= 0.6 is 7.37 Å². The van der Waals surface area contributed by atoms with Gasteiger partial charge in [0.1, 0.15) is 11.2 Å². The lowest BCUT2D eigenvalue weighted by molar-refractivity contribution is -0.141. The predicted octanol–water partition coefficient (Wildman–Crippen LogP) is 6.38. The lowest BCUT2D eigenvalue weighted by Gasteiger charge is -2.45. The lowest BCUT2D eigenvalue weighted by Crippen LogP contribution is -2.54. The van der Waals surface area contributed by atoms with Gasteiger partial charge in [0.25, 0.3) is 0 Å². The van der Waals surface area contributed by atoms with E-state index >= 15 is 0 Å². The van der Waals surface area contributed by atoms with Gasteiger partial charge in [-0.2, -0.15) is 5.10 Å². The topological polar surface area (TPSA) is 140 Å². The number of benzene rings is 1. The first-order valence-corrected chi connectivity index (χ1v) is 17.2. The number of aryl methyl sites for hydroxylation is 1. The third kappa shape index (κ3) is 9.40. The fourth-order valence-electron chi connectivity index (χ4n) is 5.46. The zero-order chi connectivity index (χ0) is 33.6. The summed E-state index contributed by atoms with van der Waals surface area (Å²) in [4.78, 5) is 41.8. The van der Waals surface area contributed by atoms with E-state index in [0.717, 1.165) is 21.6 Å². The molecule has 1 N–H and O–H groups in total. The number of carboxylic acids is 1. The molecule has 1 fully saturated rings. The molecule has 1 aromatic carbocycles. The van der Waals surface area contributed by atoms with Gasteiger partial charge in [0.05, 0.1) is 12.8 Å². The van der Waals surface area contributed by atoms with Gasteiger partial charge < -0.3 is 19.1 Å². The molecule has 2 amide bonds.